The fourth-order valence-corrected chi connectivity index (χ4v) is 3.23. The van der Waals surface area contributed by atoms with Crippen LogP contribution in [0.2, 0.25) is 0 Å². The summed E-state index contributed by atoms with van der Waals surface area (Å²) in [5.41, 5.74) is -0.907. The van der Waals surface area contributed by atoms with Gasteiger partial charge in [-0.15, -0.1) is 0 Å². The van der Waals surface area contributed by atoms with Crippen LogP contribution in [0.5, 0.6) is 0 Å². The summed E-state index contributed by atoms with van der Waals surface area (Å²) >= 11 is 0. The summed E-state index contributed by atoms with van der Waals surface area (Å²) in [5, 5.41) is 3.22. The molecule has 0 radical (unpaired) electrons. The Morgan fingerprint density at radius 2 is 1.94 bits per heavy atom. The van der Waals surface area contributed by atoms with Gasteiger partial charge in [-0.3, -0.25) is 4.90 Å². The Balaban J connectivity index is 1.49. The number of rotatable bonds is 3. The molecule has 92 valence electrons. The molecule has 3 fully saturated rings. The normalized spacial score (nSPS) is 38.1. The van der Waals surface area contributed by atoms with Crippen molar-refractivity contribution in [3.05, 3.63) is 0 Å². The average molecular weight is 228 g/mol. The predicted molar refractivity (Wildman–Crippen MR) is 60.3 cm³/mol. The number of fused-ring (bicyclic) bond motifs is 2. The smallest absolute Gasteiger partial charge is 0.114 e. The van der Waals surface area contributed by atoms with E-state index in [1.165, 1.54) is 6.42 Å². The lowest BCUT2D eigenvalue weighted by atomic mass is 9.87. The first-order valence-electron chi connectivity index (χ1n) is 6.50. The highest BCUT2D eigenvalue weighted by atomic mass is 19.1. The van der Waals surface area contributed by atoms with Gasteiger partial charge in [-0.2, -0.15) is 0 Å². The van der Waals surface area contributed by atoms with Crippen molar-refractivity contribution < 1.29 is 9.13 Å². The van der Waals surface area contributed by atoms with Crippen molar-refractivity contribution in [3.63, 3.8) is 0 Å². The molecular formula is C12H21FN2O. The summed E-state index contributed by atoms with van der Waals surface area (Å²) in [4.78, 5) is 2.45. The lowest BCUT2D eigenvalue weighted by Crippen LogP contribution is -2.64. The van der Waals surface area contributed by atoms with Crippen LogP contribution in [0.1, 0.15) is 25.7 Å². The van der Waals surface area contributed by atoms with E-state index in [0.717, 1.165) is 32.8 Å². The second kappa shape index (κ2) is 4.24. The van der Waals surface area contributed by atoms with Gasteiger partial charge in [-0.05, 0) is 38.8 Å². The number of morpholine rings is 1. The molecule has 16 heavy (non-hydrogen) atoms. The summed E-state index contributed by atoms with van der Waals surface area (Å²) in [6.45, 7) is 4.32. The zero-order chi connectivity index (χ0) is 11.0. The van der Waals surface area contributed by atoms with Gasteiger partial charge in [0, 0.05) is 18.6 Å². The zero-order valence-corrected chi connectivity index (χ0v) is 9.75. The molecule has 3 aliphatic rings. The van der Waals surface area contributed by atoms with Crippen LogP contribution in [-0.2, 0) is 4.74 Å². The average Bonchev–Trinajstić information content (AvgIpc) is 2.31. The first-order valence-corrected chi connectivity index (χ1v) is 6.50. The molecule has 4 heteroatoms. The van der Waals surface area contributed by atoms with Crippen LogP contribution < -0.4 is 5.32 Å². The van der Waals surface area contributed by atoms with Gasteiger partial charge in [0.2, 0.25) is 0 Å². The van der Waals surface area contributed by atoms with E-state index in [9.17, 15) is 4.39 Å². The second-order valence-electron chi connectivity index (χ2n) is 5.47. The van der Waals surface area contributed by atoms with Crippen molar-refractivity contribution in [1.82, 2.24) is 10.2 Å². The Morgan fingerprint density at radius 1 is 1.25 bits per heavy atom. The van der Waals surface area contributed by atoms with Crippen LogP contribution in [0.4, 0.5) is 4.39 Å². The summed E-state index contributed by atoms with van der Waals surface area (Å²) in [6, 6.07) is 1.17. The fraction of sp³-hybridized carbons (Fsp3) is 1.00. The van der Waals surface area contributed by atoms with E-state index in [-0.39, 0.29) is 0 Å². The highest BCUT2D eigenvalue weighted by Crippen LogP contribution is 2.34. The number of piperidine rings is 1. The van der Waals surface area contributed by atoms with Gasteiger partial charge in [0.1, 0.15) is 5.67 Å². The molecule has 1 N–H and O–H groups in total. The van der Waals surface area contributed by atoms with Crippen LogP contribution in [-0.4, -0.2) is 55.5 Å². The third-order valence-electron chi connectivity index (χ3n) is 4.42. The molecule has 3 saturated heterocycles. The third-order valence-corrected chi connectivity index (χ3v) is 4.42. The van der Waals surface area contributed by atoms with E-state index in [1.54, 1.807) is 0 Å². The summed E-state index contributed by atoms with van der Waals surface area (Å²) < 4.78 is 19.8. The molecule has 3 heterocycles. The Kier molecular flexibility index (Phi) is 2.90. The number of alkyl halides is 1. The molecule has 0 amide bonds. The number of hydrogen-bond acceptors (Lipinski definition) is 3. The van der Waals surface area contributed by atoms with E-state index >= 15 is 0 Å². The standard InChI is InChI=1S/C12H21FN2O/c13-12(1-4-14-5-2-12)3-6-15-10-7-11(15)9-16-8-10/h10-11,14H,1-9H2. The zero-order valence-electron chi connectivity index (χ0n) is 9.75. The topological polar surface area (TPSA) is 24.5 Å². The van der Waals surface area contributed by atoms with E-state index < -0.39 is 5.67 Å². The third kappa shape index (κ3) is 1.98. The minimum absolute atomic E-state index is 0.587. The van der Waals surface area contributed by atoms with Gasteiger partial charge in [0.25, 0.3) is 0 Å². The van der Waals surface area contributed by atoms with Gasteiger partial charge >= 0.3 is 0 Å². The highest BCUT2D eigenvalue weighted by molar-refractivity contribution is 4.97. The van der Waals surface area contributed by atoms with Crippen molar-refractivity contribution in [1.29, 1.82) is 0 Å². The predicted octanol–water partition coefficient (Wildman–Crippen LogP) is 0.941. The van der Waals surface area contributed by atoms with Crippen LogP contribution >= 0.6 is 0 Å². The maximum Gasteiger partial charge on any atom is 0.114 e. The lowest BCUT2D eigenvalue weighted by Gasteiger charge is -2.53. The molecular weight excluding hydrogens is 207 g/mol. The van der Waals surface area contributed by atoms with Crippen LogP contribution in [0.15, 0.2) is 0 Å². The molecule has 2 atom stereocenters. The molecule has 0 aromatic rings. The molecule has 2 bridgehead atoms. The molecule has 0 spiro atoms. The van der Waals surface area contributed by atoms with Crippen LogP contribution in [0, 0.1) is 0 Å². The SMILES string of the molecule is FC1(CCN2C3COCC2C3)CCNCC1. The van der Waals surface area contributed by atoms with E-state index in [2.05, 4.69) is 10.2 Å². The molecule has 0 aromatic heterocycles. The van der Waals surface area contributed by atoms with Gasteiger partial charge in [-0.1, -0.05) is 0 Å². The summed E-state index contributed by atoms with van der Waals surface area (Å²) in [7, 11) is 0. The van der Waals surface area contributed by atoms with E-state index in [0.29, 0.717) is 31.3 Å². The summed E-state index contributed by atoms with van der Waals surface area (Å²) in [6.07, 6.45) is 3.35. The monoisotopic (exact) mass is 228 g/mol. The minimum atomic E-state index is -0.907. The van der Waals surface area contributed by atoms with Crippen molar-refractivity contribution in [3.8, 4) is 0 Å². The van der Waals surface area contributed by atoms with Crippen molar-refractivity contribution in [2.75, 3.05) is 32.8 Å². The van der Waals surface area contributed by atoms with Crippen molar-refractivity contribution >= 4 is 0 Å². The highest BCUT2D eigenvalue weighted by Gasteiger charge is 2.43. The Hall–Kier alpha value is -0.190. The number of ether oxygens (including phenoxy) is 1. The Bertz CT molecular complexity index is 241. The lowest BCUT2D eigenvalue weighted by molar-refractivity contribution is -0.131. The van der Waals surface area contributed by atoms with Crippen LogP contribution in [0.25, 0.3) is 0 Å². The minimum Gasteiger partial charge on any atom is -0.378 e. The largest absolute Gasteiger partial charge is 0.378 e. The van der Waals surface area contributed by atoms with E-state index in [1.807, 2.05) is 0 Å². The molecule has 3 aliphatic heterocycles. The fourth-order valence-electron chi connectivity index (χ4n) is 3.23. The Morgan fingerprint density at radius 3 is 2.56 bits per heavy atom. The number of nitrogens with zero attached hydrogens (tertiary/aromatic N) is 1. The van der Waals surface area contributed by atoms with Gasteiger partial charge in [0.05, 0.1) is 13.2 Å². The van der Waals surface area contributed by atoms with E-state index in [4.69, 9.17) is 4.74 Å². The molecule has 0 aliphatic carbocycles. The number of halogens is 1. The van der Waals surface area contributed by atoms with Crippen molar-refractivity contribution in [2.24, 2.45) is 0 Å². The quantitative estimate of drug-likeness (QED) is 0.778. The summed E-state index contributed by atoms with van der Waals surface area (Å²) in [5.74, 6) is 0. The van der Waals surface area contributed by atoms with Gasteiger partial charge in [-0.25, -0.2) is 4.39 Å². The first kappa shape index (κ1) is 10.9. The molecule has 3 rings (SSSR count). The van der Waals surface area contributed by atoms with Crippen LogP contribution in [0.3, 0.4) is 0 Å². The number of nitrogens with one attached hydrogen (secondary N) is 1. The van der Waals surface area contributed by atoms with Gasteiger partial charge in [0.15, 0.2) is 0 Å². The first-order chi connectivity index (χ1) is 7.77. The second-order valence-corrected chi connectivity index (χ2v) is 5.47. The molecule has 2 unspecified atom stereocenters. The molecule has 0 saturated carbocycles. The Labute approximate surface area is 96.3 Å². The molecule has 0 aromatic carbocycles. The van der Waals surface area contributed by atoms with Crippen molar-refractivity contribution in [2.45, 2.75) is 43.4 Å². The maximum atomic E-state index is 14.4. The maximum absolute atomic E-state index is 14.4. The number of hydrogen-bond donors (Lipinski definition) is 1. The molecule has 3 nitrogen and oxygen atoms in total. The van der Waals surface area contributed by atoms with Gasteiger partial charge < -0.3 is 10.1 Å².